The highest BCUT2D eigenvalue weighted by Crippen LogP contribution is 2.30. The van der Waals surface area contributed by atoms with Crippen molar-refractivity contribution >= 4 is 5.91 Å². The summed E-state index contributed by atoms with van der Waals surface area (Å²) in [5, 5.41) is 9.45. The summed E-state index contributed by atoms with van der Waals surface area (Å²) >= 11 is 0. The molecule has 0 bridgehead atoms. The molecule has 3 unspecified atom stereocenters. The summed E-state index contributed by atoms with van der Waals surface area (Å²) in [6.07, 6.45) is -5.07. The average Bonchev–Trinajstić information content (AvgIpc) is 2.19. The van der Waals surface area contributed by atoms with E-state index in [1.807, 2.05) is 0 Å². The van der Waals surface area contributed by atoms with Crippen molar-refractivity contribution in [1.82, 2.24) is 4.90 Å². The molecule has 0 aromatic carbocycles. The SMILES string of the molecule is CC1CN(C(=O)C(C)(N)C(F)(F)F)CCC1O. The van der Waals surface area contributed by atoms with Crippen LogP contribution in [-0.2, 0) is 4.79 Å². The van der Waals surface area contributed by atoms with Gasteiger partial charge in [0.1, 0.15) is 0 Å². The number of nitrogens with zero attached hydrogens (tertiary/aromatic N) is 1. The lowest BCUT2D eigenvalue weighted by Crippen LogP contribution is -2.63. The highest BCUT2D eigenvalue weighted by atomic mass is 19.4. The average molecular weight is 254 g/mol. The van der Waals surface area contributed by atoms with Gasteiger partial charge in [-0.25, -0.2) is 0 Å². The van der Waals surface area contributed by atoms with Crippen molar-refractivity contribution in [2.75, 3.05) is 13.1 Å². The second-order valence-electron chi connectivity index (χ2n) is 4.78. The van der Waals surface area contributed by atoms with E-state index in [0.29, 0.717) is 6.92 Å². The minimum absolute atomic E-state index is 0.100. The minimum atomic E-state index is -4.77. The van der Waals surface area contributed by atoms with Crippen LogP contribution in [0.15, 0.2) is 0 Å². The van der Waals surface area contributed by atoms with Crippen LogP contribution in [0.4, 0.5) is 13.2 Å². The van der Waals surface area contributed by atoms with Crippen molar-refractivity contribution in [3.05, 3.63) is 0 Å². The first-order chi connectivity index (χ1) is 7.57. The molecule has 1 heterocycles. The normalized spacial score (nSPS) is 29.9. The third-order valence-corrected chi connectivity index (χ3v) is 3.18. The van der Waals surface area contributed by atoms with E-state index in [-0.39, 0.29) is 25.4 Å². The lowest BCUT2D eigenvalue weighted by Gasteiger charge is -2.39. The number of aliphatic hydroxyl groups is 1. The minimum Gasteiger partial charge on any atom is -0.393 e. The van der Waals surface area contributed by atoms with Crippen LogP contribution in [-0.4, -0.2) is 46.8 Å². The molecule has 17 heavy (non-hydrogen) atoms. The highest BCUT2D eigenvalue weighted by molar-refractivity contribution is 5.86. The molecule has 100 valence electrons. The van der Waals surface area contributed by atoms with E-state index >= 15 is 0 Å². The molecule has 1 amide bonds. The predicted molar refractivity (Wildman–Crippen MR) is 55.0 cm³/mol. The molecule has 0 aliphatic carbocycles. The summed E-state index contributed by atoms with van der Waals surface area (Å²) < 4.78 is 37.8. The number of hydrogen-bond donors (Lipinski definition) is 2. The van der Waals surface area contributed by atoms with E-state index in [0.717, 1.165) is 4.90 Å². The molecule has 0 saturated carbocycles. The molecule has 1 aliphatic rings. The van der Waals surface area contributed by atoms with E-state index in [1.54, 1.807) is 6.92 Å². The van der Waals surface area contributed by atoms with Gasteiger partial charge in [-0.05, 0) is 19.3 Å². The maximum Gasteiger partial charge on any atom is 0.415 e. The molecule has 0 aromatic rings. The summed E-state index contributed by atoms with van der Waals surface area (Å²) in [5.41, 5.74) is 2.20. The van der Waals surface area contributed by atoms with Crippen LogP contribution in [0.25, 0.3) is 0 Å². The van der Waals surface area contributed by atoms with Crippen molar-refractivity contribution in [2.45, 2.75) is 38.1 Å². The number of carbonyl (C=O) groups is 1. The number of nitrogens with two attached hydrogens (primary N) is 1. The molecule has 3 atom stereocenters. The number of piperidine rings is 1. The van der Waals surface area contributed by atoms with Crippen LogP contribution in [0.1, 0.15) is 20.3 Å². The zero-order chi connectivity index (χ0) is 13.4. The number of hydrogen-bond acceptors (Lipinski definition) is 3. The Kier molecular flexibility index (Phi) is 3.73. The number of likely N-dealkylation sites (tertiary alicyclic amines) is 1. The Morgan fingerprint density at radius 2 is 2.00 bits per heavy atom. The molecular weight excluding hydrogens is 237 g/mol. The Labute approximate surface area is 97.6 Å². The maximum absolute atomic E-state index is 12.6. The van der Waals surface area contributed by atoms with E-state index in [2.05, 4.69) is 0 Å². The van der Waals surface area contributed by atoms with Crippen LogP contribution < -0.4 is 5.73 Å². The van der Waals surface area contributed by atoms with Crippen molar-refractivity contribution in [3.8, 4) is 0 Å². The Bertz CT molecular complexity index is 304. The molecular formula is C10H17F3N2O2. The quantitative estimate of drug-likeness (QED) is 0.716. The van der Waals surface area contributed by atoms with Crippen LogP contribution >= 0.6 is 0 Å². The topological polar surface area (TPSA) is 66.6 Å². The van der Waals surface area contributed by atoms with Gasteiger partial charge in [0.05, 0.1) is 6.10 Å². The fourth-order valence-electron chi connectivity index (χ4n) is 1.77. The first kappa shape index (κ1) is 14.2. The number of amides is 1. The molecule has 1 aliphatic heterocycles. The van der Waals surface area contributed by atoms with Gasteiger partial charge in [0.25, 0.3) is 5.91 Å². The second-order valence-corrected chi connectivity index (χ2v) is 4.78. The van der Waals surface area contributed by atoms with Gasteiger partial charge in [0.2, 0.25) is 0 Å². The largest absolute Gasteiger partial charge is 0.415 e. The smallest absolute Gasteiger partial charge is 0.393 e. The molecule has 0 radical (unpaired) electrons. The van der Waals surface area contributed by atoms with Crippen LogP contribution in [0.2, 0.25) is 0 Å². The number of carbonyl (C=O) groups excluding carboxylic acids is 1. The zero-order valence-corrected chi connectivity index (χ0v) is 9.79. The number of rotatable bonds is 1. The summed E-state index contributed by atoms with van der Waals surface area (Å²) in [4.78, 5) is 12.8. The van der Waals surface area contributed by atoms with Crippen LogP contribution in [0.3, 0.4) is 0 Å². The first-order valence-corrected chi connectivity index (χ1v) is 5.40. The van der Waals surface area contributed by atoms with E-state index in [9.17, 15) is 23.1 Å². The van der Waals surface area contributed by atoms with Gasteiger partial charge in [0, 0.05) is 13.1 Å². The molecule has 3 N–H and O–H groups in total. The molecule has 1 rings (SSSR count). The van der Waals surface area contributed by atoms with Gasteiger partial charge >= 0.3 is 6.18 Å². The Balaban J connectivity index is 2.78. The summed E-state index contributed by atoms with van der Waals surface area (Å²) in [6, 6.07) is 0. The van der Waals surface area contributed by atoms with Gasteiger partial charge < -0.3 is 15.7 Å². The number of halogens is 3. The van der Waals surface area contributed by atoms with Crippen molar-refractivity contribution < 1.29 is 23.1 Å². The van der Waals surface area contributed by atoms with E-state index in [1.165, 1.54) is 0 Å². The van der Waals surface area contributed by atoms with Crippen molar-refractivity contribution in [1.29, 1.82) is 0 Å². The lowest BCUT2D eigenvalue weighted by atomic mass is 9.93. The Morgan fingerprint density at radius 3 is 2.41 bits per heavy atom. The summed E-state index contributed by atoms with van der Waals surface area (Å²) in [7, 11) is 0. The third kappa shape index (κ3) is 2.71. The first-order valence-electron chi connectivity index (χ1n) is 5.40. The Morgan fingerprint density at radius 1 is 1.47 bits per heavy atom. The van der Waals surface area contributed by atoms with Gasteiger partial charge in [0.15, 0.2) is 5.54 Å². The Hall–Kier alpha value is -0.820. The fraction of sp³-hybridized carbons (Fsp3) is 0.900. The second kappa shape index (κ2) is 4.45. The van der Waals surface area contributed by atoms with Gasteiger partial charge in [-0.1, -0.05) is 6.92 Å². The molecule has 0 spiro atoms. The van der Waals surface area contributed by atoms with Crippen molar-refractivity contribution in [2.24, 2.45) is 11.7 Å². The predicted octanol–water partition coefficient (Wildman–Crippen LogP) is 0.495. The molecule has 1 fully saturated rings. The summed E-state index contributed by atoms with van der Waals surface area (Å²) in [6.45, 7) is 2.56. The van der Waals surface area contributed by atoms with E-state index in [4.69, 9.17) is 5.73 Å². The standard InChI is InChI=1S/C10H17F3N2O2/c1-6-5-15(4-3-7(6)16)8(17)9(2,14)10(11,12)13/h6-7,16H,3-5,14H2,1-2H3. The maximum atomic E-state index is 12.6. The van der Waals surface area contributed by atoms with Gasteiger partial charge in [-0.2, -0.15) is 13.2 Å². The van der Waals surface area contributed by atoms with Gasteiger partial charge in [-0.15, -0.1) is 0 Å². The molecule has 1 saturated heterocycles. The monoisotopic (exact) mass is 254 g/mol. The molecule has 7 heteroatoms. The lowest BCUT2D eigenvalue weighted by molar-refractivity contribution is -0.195. The van der Waals surface area contributed by atoms with Crippen LogP contribution in [0.5, 0.6) is 0 Å². The van der Waals surface area contributed by atoms with Gasteiger partial charge in [-0.3, -0.25) is 4.79 Å². The molecule has 4 nitrogen and oxygen atoms in total. The highest BCUT2D eigenvalue weighted by Gasteiger charge is 2.55. The van der Waals surface area contributed by atoms with Crippen molar-refractivity contribution in [3.63, 3.8) is 0 Å². The zero-order valence-electron chi connectivity index (χ0n) is 9.79. The van der Waals surface area contributed by atoms with Crippen LogP contribution in [0, 0.1) is 5.92 Å². The third-order valence-electron chi connectivity index (χ3n) is 3.18. The van der Waals surface area contributed by atoms with E-state index < -0.39 is 23.7 Å². The number of alkyl halides is 3. The summed E-state index contributed by atoms with van der Waals surface area (Å²) in [5.74, 6) is -1.37. The molecule has 0 aromatic heterocycles. The fourth-order valence-corrected chi connectivity index (χ4v) is 1.77. The number of aliphatic hydroxyl groups excluding tert-OH is 1.